The number of hydrogen-bond acceptors (Lipinski definition) is 4. The minimum atomic E-state index is -3.51. The van der Waals surface area contributed by atoms with Crippen molar-refractivity contribution < 1.29 is 17.9 Å². The van der Waals surface area contributed by atoms with Crippen molar-refractivity contribution in [2.75, 3.05) is 26.1 Å². The van der Waals surface area contributed by atoms with Gasteiger partial charge in [0.15, 0.2) is 0 Å². The zero-order chi connectivity index (χ0) is 15.9. The largest absolute Gasteiger partial charge is 0.493 e. The van der Waals surface area contributed by atoms with Gasteiger partial charge in [0.25, 0.3) is 0 Å². The second kappa shape index (κ2) is 8.61. The molecule has 0 aliphatic heterocycles. The zero-order valence-corrected chi connectivity index (χ0v) is 14.3. The summed E-state index contributed by atoms with van der Waals surface area (Å²) in [6.07, 6.45) is 0.857. The van der Waals surface area contributed by atoms with Gasteiger partial charge in [-0.2, -0.15) is 0 Å². The second-order valence-corrected chi connectivity index (χ2v) is 8.23. The number of benzene rings is 1. The minimum Gasteiger partial charge on any atom is -0.493 e. The standard InChI is InChI=1S/C15H23ClO4S/c1-12(2)14(11-21(16,17)18)10-20-15-6-4-13(5-7-15)8-9-19-3/h4-7,12,14H,8-11H2,1-3H3. The van der Waals surface area contributed by atoms with Crippen molar-refractivity contribution in [3.05, 3.63) is 29.8 Å². The predicted molar refractivity (Wildman–Crippen MR) is 85.5 cm³/mol. The first-order valence-electron chi connectivity index (χ1n) is 6.95. The molecule has 0 aliphatic carbocycles. The fraction of sp³-hybridized carbons (Fsp3) is 0.600. The molecule has 1 unspecified atom stereocenters. The summed E-state index contributed by atoms with van der Waals surface area (Å²) in [5, 5.41) is 0. The average Bonchev–Trinajstić information content (AvgIpc) is 2.41. The number of hydrogen-bond donors (Lipinski definition) is 0. The van der Waals surface area contributed by atoms with E-state index >= 15 is 0 Å². The van der Waals surface area contributed by atoms with Gasteiger partial charge in [0, 0.05) is 23.7 Å². The number of rotatable bonds is 9. The average molecular weight is 335 g/mol. The van der Waals surface area contributed by atoms with Crippen LogP contribution in [0.1, 0.15) is 19.4 Å². The van der Waals surface area contributed by atoms with Crippen LogP contribution in [0.3, 0.4) is 0 Å². The van der Waals surface area contributed by atoms with Crippen molar-refractivity contribution in [2.45, 2.75) is 20.3 Å². The first-order valence-corrected chi connectivity index (χ1v) is 9.42. The van der Waals surface area contributed by atoms with Crippen LogP contribution in [0.5, 0.6) is 5.75 Å². The van der Waals surface area contributed by atoms with Crippen LogP contribution in [0.4, 0.5) is 0 Å². The van der Waals surface area contributed by atoms with Gasteiger partial charge in [0.05, 0.1) is 19.0 Å². The summed E-state index contributed by atoms with van der Waals surface area (Å²) >= 11 is 0. The van der Waals surface area contributed by atoms with Crippen LogP contribution < -0.4 is 4.74 Å². The molecule has 0 spiro atoms. The molecule has 21 heavy (non-hydrogen) atoms. The maximum Gasteiger partial charge on any atom is 0.233 e. The lowest BCUT2D eigenvalue weighted by molar-refractivity contribution is 0.202. The Morgan fingerprint density at radius 2 is 1.81 bits per heavy atom. The van der Waals surface area contributed by atoms with Gasteiger partial charge in [0.1, 0.15) is 5.75 Å². The third-order valence-corrected chi connectivity index (χ3v) is 4.54. The van der Waals surface area contributed by atoms with E-state index in [9.17, 15) is 8.42 Å². The van der Waals surface area contributed by atoms with E-state index in [-0.39, 0.29) is 17.6 Å². The smallest absolute Gasteiger partial charge is 0.233 e. The normalized spacial score (nSPS) is 13.4. The summed E-state index contributed by atoms with van der Waals surface area (Å²) in [4.78, 5) is 0. The molecule has 0 fully saturated rings. The van der Waals surface area contributed by atoms with Crippen LogP contribution in [-0.2, 0) is 20.2 Å². The Morgan fingerprint density at radius 1 is 1.19 bits per heavy atom. The molecular weight excluding hydrogens is 312 g/mol. The van der Waals surface area contributed by atoms with E-state index in [1.807, 2.05) is 38.1 Å². The SMILES string of the molecule is COCCc1ccc(OCC(CS(=O)(=O)Cl)C(C)C)cc1. The van der Waals surface area contributed by atoms with E-state index in [4.69, 9.17) is 20.2 Å². The zero-order valence-electron chi connectivity index (χ0n) is 12.7. The van der Waals surface area contributed by atoms with Gasteiger partial charge in [0.2, 0.25) is 9.05 Å². The van der Waals surface area contributed by atoms with Crippen LogP contribution in [0.25, 0.3) is 0 Å². The van der Waals surface area contributed by atoms with E-state index < -0.39 is 9.05 Å². The lowest BCUT2D eigenvalue weighted by atomic mass is 9.99. The first kappa shape index (κ1) is 18.3. The van der Waals surface area contributed by atoms with Crippen molar-refractivity contribution in [1.29, 1.82) is 0 Å². The summed E-state index contributed by atoms with van der Waals surface area (Å²) in [5.41, 5.74) is 1.17. The molecule has 0 aliphatic rings. The van der Waals surface area contributed by atoms with Gasteiger partial charge < -0.3 is 9.47 Å². The highest BCUT2D eigenvalue weighted by molar-refractivity contribution is 8.13. The van der Waals surface area contributed by atoms with Gasteiger partial charge in [-0.1, -0.05) is 26.0 Å². The van der Waals surface area contributed by atoms with E-state index in [2.05, 4.69) is 0 Å². The van der Waals surface area contributed by atoms with Crippen LogP contribution >= 0.6 is 10.7 Å². The van der Waals surface area contributed by atoms with Gasteiger partial charge >= 0.3 is 0 Å². The number of halogens is 1. The van der Waals surface area contributed by atoms with Gasteiger partial charge in [-0.3, -0.25) is 0 Å². The molecule has 0 saturated carbocycles. The molecule has 0 N–H and O–H groups in total. The summed E-state index contributed by atoms with van der Waals surface area (Å²) in [6.45, 7) is 4.94. The third kappa shape index (κ3) is 7.69. The fourth-order valence-corrected chi connectivity index (χ4v) is 3.34. The molecule has 1 aromatic rings. The monoisotopic (exact) mass is 334 g/mol. The summed E-state index contributed by atoms with van der Waals surface area (Å²) in [7, 11) is 3.49. The highest BCUT2D eigenvalue weighted by Gasteiger charge is 2.21. The van der Waals surface area contributed by atoms with Crippen molar-refractivity contribution in [2.24, 2.45) is 11.8 Å². The van der Waals surface area contributed by atoms with Gasteiger partial charge in [-0.25, -0.2) is 8.42 Å². The van der Waals surface area contributed by atoms with Gasteiger partial charge in [-0.15, -0.1) is 0 Å². The van der Waals surface area contributed by atoms with Crippen LogP contribution in [-0.4, -0.2) is 34.5 Å². The fourth-order valence-electron chi connectivity index (χ4n) is 1.86. The second-order valence-electron chi connectivity index (χ2n) is 5.41. The molecule has 6 heteroatoms. The van der Waals surface area contributed by atoms with Crippen molar-refractivity contribution in [1.82, 2.24) is 0 Å². The lowest BCUT2D eigenvalue weighted by Crippen LogP contribution is -2.24. The van der Waals surface area contributed by atoms with Crippen molar-refractivity contribution in [3.63, 3.8) is 0 Å². The molecular formula is C15H23ClO4S. The topological polar surface area (TPSA) is 52.6 Å². The lowest BCUT2D eigenvalue weighted by Gasteiger charge is -2.19. The van der Waals surface area contributed by atoms with Crippen LogP contribution in [0.15, 0.2) is 24.3 Å². The molecule has 0 amide bonds. The summed E-state index contributed by atoms with van der Waals surface area (Å²) < 4.78 is 33.1. The van der Waals surface area contributed by atoms with Crippen molar-refractivity contribution >= 4 is 19.7 Å². The Labute approximate surface area is 131 Å². The highest BCUT2D eigenvalue weighted by Crippen LogP contribution is 2.19. The molecule has 0 radical (unpaired) electrons. The van der Waals surface area contributed by atoms with Crippen molar-refractivity contribution in [3.8, 4) is 5.75 Å². The predicted octanol–water partition coefficient (Wildman–Crippen LogP) is 3.10. The highest BCUT2D eigenvalue weighted by atomic mass is 35.7. The maximum absolute atomic E-state index is 11.2. The summed E-state index contributed by atoms with van der Waals surface area (Å²) in [5.74, 6) is 0.715. The molecule has 120 valence electrons. The number of ether oxygens (including phenoxy) is 2. The molecule has 0 bridgehead atoms. The molecule has 1 rings (SSSR count). The minimum absolute atomic E-state index is 0.0713. The van der Waals surface area contributed by atoms with Gasteiger partial charge in [-0.05, 0) is 30.0 Å². The molecule has 4 nitrogen and oxygen atoms in total. The summed E-state index contributed by atoms with van der Waals surface area (Å²) in [6, 6.07) is 7.74. The van der Waals surface area contributed by atoms with E-state index in [1.165, 1.54) is 5.56 Å². The molecule has 1 aromatic carbocycles. The quantitative estimate of drug-likeness (QED) is 0.651. The van der Waals surface area contributed by atoms with Crippen LogP contribution in [0, 0.1) is 11.8 Å². The molecule has 0 saturated heterocycles. The Kier molecular flexibility index (Phi) is 7.49. The Bertz CT molecular complexity index is 511. The van der Waals surface area contributed by atoms with Crippen LogP contribution in [0.2, 0.25) is 0 Å². The first-order chi connectivity index (χ1) is 9.81. The Morgan fingerprint density at radius 3 is 2.29 bits per heavy atom. The van der Waals surface area contributed by atoms with E-state index in [1.54, 1.807) is 7.11 Å². The Balaban J connectivity index is 2.55. The Hall–Kier alpha value is -0.780. The maximum atomic E-state index is 11.2. The number of methoxy groups -OCH3 is 1. The third-order valence-electron chi connectivity index (χ3n) is 3.34. The molecule has 0 heterocycles. The molecule has 0 aromatic heterocycles. The molecule has 1 atom stereocenters. The van der Waals surface area contributed by atoms with E-state index in [0.29, 0.717) is 13.2 Å². The van der Waals surface area contributed by atoms with E-state index in [0.717, 1.165) is 12.2 Å².